The minimum atomic E-state index is -4.74. The summed E-state index contributed by atoms with van der Waals surface area (Å²) in [6.07, 6.45) is 2.31. The van der Waals surface area contributed by atoms with Gasteiger partial charge in [-0.3, -0.25) is 29.5 Å². The largest absolute Gasteiger partial charge is 0.507 e. The van der Waals surface area contributed by atoms with E-state index in [-0.39, 0.29) is 42.3 Å². The first-order chi connectivity index (χ1) is 25.2. The van der Waals surface area contributed by atoms with Crippen LogP contribution in [-0.2, 0) is 30.8 Å². The Bertz CT molecular complexity index is 2090. The Morgan fingerprint density at radius 2 is 1.66 bits per heavy atom. The number of imide groups is 2. The fraction of sp³-hybridized carbons (Fsp3) is 0.410. The zero-order valence-corrected chi connectivity index (χ0v) is 30.0. The number of alkyl halides is 3. The van der Waals surface area contributed by atoms with Crippen LogP contribution in [0.25, 0.3) is 0 Å². The average Bonchev–Trinajstić information content (AvgIpc) is 3.51. The number of aryl methyl sites for hydroxylation is 1. The number of amides is 4. The number of pyridine rings is 1. The number of nitrogens with zero attached hydrogens (tertiary/aromatic N) is 3. The summed E-state index contributed by atoms with van der Waals surface area (Å²) in [4.78, 5) is 63.8. The SMILES string of the molecule is Cc1cccc(C2C3=CCC4C(=O)N(C5CCCCC5)C(=O)C4C3CC3C(=O)N(Nc4ncc(C(F)(F)F)cc4Cl)C(=O)C32c2ccc(Cl)cc2)c1O. The van der Waals surface area contributed by atoms with E-state index in [1.54, 1.807) is 49.4 Å². The summed E-state index contributed by atoms with van der Waals surface area (Å²) in [6.45, 7) is 1.71. The lowest BCUT2D eigenvalue weighted by molar-refractivity contribution is -0.144. The minimum Gasteiger partial charge on any atom is -0.507 e. The summed E-state index contributed by atoms with van der Waals surface area (Å²) in [7, 11) is 0. The second-order valence-electron chi connectivity index (χ2n) is 14.8. The van der Waals surface area contributed by atoms with Gasteiger partial charge in [0.1, 0.15) is 5.75 Å². The molecule has 53 heavy (non-hydrogen) atoms. The van der Waals surface area contributed by atoms with Gasteiger partial charge in [0.15, 0.2) is 5.82 Å². The van der Waals surface area contributed by atoms with E-state index in [0.29, 0.717) is 39.5 Å². The molecule has 2 saturated heterocycles. The van der Waals surface area contributed by atoms with Gasteiger partial charge in [-0.2, -0.15) is 18.2 Å². The molecule has 6 atom stereocenters. The van der Waals surface area contributed by atoms with Crippen LogP contribution in [0.1, 0.15) is 73.1 Å². The van der Waals surface area contributed by atoms with Crippen molar-refractivity contribution in [1.82, 2.24) is 14.9 Å². The molecule has 6 unspecified atom stereocenters. The normalized spacial score (nSPS) is 28.9. The van der Waals surface area contributed by atoms with Crippen LogP contribution in [0.4, 0.5) is 19.0 Å². The van der Waals surface area contributed by atoms with Crippen molar-refractivity contribution in [3.8, 4) is 5.75 Å². The zero-order valence-electron chi connectivity index (χ0n) is 28.5. The van der Waals surface area contributed by atoms with Crippen LogP contribution < -0.4 is 5.43 Å². The lowest BCUT2D eigenvalue weighted by Crippen LogP contribution is -2.53. The highest BCUT2D eigenvalue weighted by Crippen LogP contribution is 2.65. The molecule has 0 bridgehead atoms. The van der Waals surface area contributed by atoms with Gasteiger partial charge in [0.2, 0.25) is 11.8 Å². The molecule has 4 fully saturated rings. The molecule has 2 aromatic carbocycles. The van der Waals surface area contributed by atoms with Gasteiger partial charge in [-0.05, 0) is 67.9 Å². The van der Waals surface area contributed by atoms with Crippen molar-refractivity contribution in [3.63, 3.8) is 0 Å². The Morgan fingerprint density at radius 3 is 2.34 bits per heavy atom. The number of carbonyl (C=O) groups excluding carboxylic acids is 4. The van der Waals surface area contributed by atoms with Gasteiger partial charge in [-0.1, -0.05) is 84.4 Å². The molecular weight excluding hydrogens is 732 g/mol. The maximum absolute atomic E-state index is 15.3. The molecule has 1 aromatic heterocycles. The summed E-state index contributed by atoms with van der Waals surface area (Å²) in [6, 6.07) is 12.1. The van der Waals surface area contributed by atoms with Gasteiger partial charge in [0.05, 0.1) is 33.8 Å². The molecule has 2 N–H and O–H groups in total. The van der Waals surface area contributed by atoms with Crippen LogP contribution in [0, 0.1) is 30.6 Å². The first-order valence-electron chi connectivity index (χ1n) is 17.7. The van der Waals surface area contributed by atoms with Gasteiger partial charge >= 0.3 is 6.18 Å². The van der Waals surface area contributed by atoms with Crippen molar-refractivity contribution in [1.29, 1.82) is 0 Å². The highest BCUT2D eigenvalue weighted by Gasteiger charge is 2.71. The van der Waals surface area contributed by atoms with E-state index in [1.165, 1.54) is 4.90 Å². The number of aromatic hydroxyl groups is 1. The van der Waals surface area contributed by atoms with Crippen LogP contribution in [0.5, 0.6) is 5.75 Å². The van der Waals surface area contributed by atoms with E-state index in [1.807, 2.05) is 6.08 Å². The van der Waals surface area contributed by atoms with E-state index < -0.39 is 63.6 Å². The summed E-state index contributed by atoms with van der Waals surface area (Å²) < 4.78 is 40.4. The molecule has 14 heteroatoms. The Morgan fingerprint density at radius 1 is 0.943 bits per heavy atom. The molecule has 3 heterocycles. The van der Waals surface area contributed by atoms with Gasteiger partial charge in [0, 0.05) is 28.7 Å². The average molecular weight is 768 g/mol. The van der Waals surface area contributed by atoms with E-state index in [2.05, 4.69) is 10.4 Å². The summed E-state index contributed by atoms with van der Waals surface area (Å²) in [5.41, 5.74) is 1.73. The molecule has 0 radical (unpaired) electrons. The number of aromatic nitrogens is 1. The number of carbonyl (C=O) groups is 4. The molecule has 4 amide bonds. The van der Waals surface area contributed by atoms with Crippen LogP contribution >= 0.6 is 23.2 Å². The van der Waals surface area contributed by atoms with Crippen molar-refractivity contribution >= 4 is 52.6 Å². The number of nitrogens with one attached hydrogen (secondary N) is 1. The number of anilines is 1. The van der Waals surface area contributed by atoms with Crippen LogP contribution in [0.15, 0.2) is 66.4 Å². The standard InChI is InChI=1S/C39H35Cl2F3N4O5/c1-19-6-5-9-26(32(19)49)31-24-14-15-25-30(36(52)47(34(25)50)23-7-3-2-4-8-23)27(24)17-28-35(51)48(37(53)38(28,31)20-10-12-22(40)13-11-20)46-33-29(41)16-21(18-45-33)39(42,43)44/h5-6,9-14,16,18,23,25,27-28,30-31,49H,2-4,7-8,15,17H2,1H3,(H,45,46). The van der Waals surface area contributed by atoms with E-state index in [4.69, 9.17) is 23.2 Å². The maximum atomic E-state index is 15.3. The Balaban J connectivity index is 1.31. The molecule has 8 rings (SSSR count). The number of allylic oxidation sites excluding steroid dienone is 2. The number of phenols is 1. The number of hydrogen-bond acceptors (Lipinski definition) is 7. The number of likely N-dealkylation sites (tertiary alicyclic amines) is 1. The van der Waals surface area contributed by atoms with Gasteiger partial charge in [-0.15, -0.1) is 0 Å². The highest BCUT2D eigenvalue weighted by molar-refractivity contribution is 6.33. The molecule has 2 aliphatic heterocycles. The quantitative estimate of drug-likeness (QED) is 0.202. The zero-order chi connectivity index (χ0) is 37.6. The number of hydrazine groups is 1. The molecule has 276 valence electrons. The molecule has 5 aliphatic rings. The molecule has 0 spiro atoms. The topological polar surface area (TPSA) is 120 Å². The monoisotopic (exact) mass is 766 g/mol. The van der Waals surface area contributed by atoms with Gasteiger partial charge in [0.25, 0.3) is 11.8 Å². The fourth-order valence-corrected chi connectivity index (χ4v) is 10.1. The van der Waals surface area contributed by atoms with E-state index in [0.717, 1.165) is 37.1 Å². The van der Waals surface area contributed by atoms with Gasteiger partial charge < -0.3 is 5.11 Å². The lowest BCUT2D eigenvalue weighted by atomic mass is 9.49. The molecule has 3 aromatic rings. The smallest absolute Gasteiger partial charge is 0.417 e. The third-order valence-corrected chi connectivity index (χ3v) is 12.7. The maximum Gasteiger partial charge on any atom is 0.417 e. The van der Waals surface area contributed by atoms with Crippen molar-refractivity contribution in [3.05, 3.63) is 98.7 Å². The van der Waals surface area contributed by atoms with Gasteiger partial charge in [-0.25, -0.2) is 4.98 Å². The predicted octanol–water partition coefficient (Wildman–Crippen LogP) is 7.74. The molecule has 3 aliphatic carbocycles. The Labute approximate surface area is 313 Å². The Hall–Kier alpha value is -4.42. The van der Waals surface area contributed by atoms with Crippen molar-refractivity contribution in [2.45, 2.75) is 75.4 Å². The van der Waals surface area contributed by atoms with Crippen molar-refractivity contribution in [2.24, 2.45) is 23.7 Å². The second-order valence-corrected chi connectivity index (χ2v) is 15.6. The third-order valence-electron chi connectivity index (χ3n) is 12.1. The highest BCUT2D eigenvalue weighted by atomic mass is 35.5. The lowest BCUT2D eigenvalue weighted by Gasteiger charge is -2.50. The van der Waals surface area contributed by atoms with Crippen LogP contribution in [0.2, 0.25) is 10.0 Å². The number of para-hydroxylation sites is 1. The third kappa shape index (κ3) is 5.38. The summed E-state index contributed by atoms with van der Waals surface area (Å²) in [5.74, 6) is -6.62. The minimum absolute atomic E-state index is 0.00710. The number of rotatable bonds is 5. The molecule has 9 nitrogen and oxygen atoms in total. The number of halogens is 5. The molecular formula is C39H35Cl2F3N4O5. The van der Waals surface area contributed by atoms with E-state index >= 15 is 4.79 Å². The summed E-state index contributed by atoms with van der Waals surface area (Å²) in [5, 5.41) is 12.4. The summed E-state index contributed by atoms with van der Waals surface area (Å²) >= 11 is 12.6. The van der Waals surface area contributed by atoms with Crippen LogP contribution in [0.3, 0.4) is 0 Å². The fourth-order valence-electron chi connectivity index (χ4n) is 9.77. The number of benzene rings is 2. The van der Waals surface area contributed by atoms with Crippen LogP contribution in [-0.4, -0.2) is 49.7 Å². The number of fused-ring (bicyclic) bond motifs is 4. The van der Waals surface area contributed by atoms with Crippen molar-refractivity contribution in [2.75, 3.05) is 5.43 Å². The van der Waals surface area contributed by atoms with Crippen molar-refractivity contribution < 1.29 is 37.5 Å². The number of phenolic OH excluding ortho intramolecular Hbond substituents is 1. The van der Waals surface area contributed by atoms with E-state index in [9.17, 15) is 32.7 Å². The number of hydrogen-bond donors (Lipinski definition) is 2. The Kier molecular flexibility index (Phi) is 8.64. The first-order valence-corrected chi connectivity index (χ1v) is 18.5. The molecule has 2 saturated carbocycles. The predicted molar refractivity (Wildman–Crippen MR) is 188 cm³/mol. The second kappa shape index (κ2) is 12.9. The first kappa shape index (κ1) is 35.6.